The van der Waals surface area contributed by atoms with Crippen LogP contribution in [0.4, 0.5) is 13.2 Å². The molecule has 0 atom stereocenters. The minimum Gasteiger partial charge on any atom is -0.468 e. The van der Waals surface area contributed by atoms with Crippen LogP contribution in [0.1, 0.15) is 62.1 Å². The molecular formula is C23H26F3NO3. The van der Waals surface area contributed by atoms with Gasteiger partial charge >= 0.3 is 12.1 Å². The van der Waals surface area contributed by atoms with E-state index in [1.165, 1.54) is 17.8 Å². The van der Waals surface area contributed by atoms with Crippen molar-refractivity contribution in [1.82, 2.24) is 4.98 Å². The largest absolute Gasteiger partial charge is 0.468 e. The number of hydrogen-bond acceptors (Lipinski definition) is 4. The third kappa shape index (κ3) is 5.32. The Balaban J connectivity index is 1.64. The molecule has 7 heteroatoms. The average Bonchev–Trinajstić information content (AvgIpc) is 3.22. The SMILES string of the molecule is CC(C)c1ccc(C2(C(=O)OCc3ccc(OCC(F)(F)F)nc3)CCCC2)cc1. The number of esters is 1. The van der Waals surface area contributed by atoms with Gasteiger partial charge in [-0.3, -0.25) is 4.79 Å². The van der Waals surface area contributed by atoms with E-state index < -0.39 is 18.2 Å². The van der Waals surface area contributed by atoms with Gasteiger partial charge in [-0.05, 0) is 36.0 Å². The summed E-state index contributed by atoms with van der Waals surface area (Å²) < 4.78 is 46.8. The number of hydrogen-bond donors (Lipinski definition) is 0. The summed E-state index contributed by atoms with van der Waals surface area (Å²) in [6.45, 7) is 2.87. The second-order valence-electron chi connectivity index (χ2n) is 8.05. The summed E-state index contributed by atoms with van der Waals surface area (Å²) in [5.41, 5.74) is 2.15. The van der Waals surface area contributed by atoms with Crippen molar-refractivity contribution in [2.75, 3.05) is 6.61 Å². The van der Waals surface area contributed by atoms with E-state index in [9.17, 15) is 18.0 Å². The number of benzene rings is 1. The Morgan fingerprint density at radius 3 is 2.30 bits per heavy atom. The summed E-state index contributed by atoms with van der Waals surface area (Å²) in [4.78, 5) is 16.9. The molecule has 0 bridgehead atoms. The van der Waals surface area contributed by atoms with Gasteiger partial charge in [0.2, 0.25) is 5.88 Å². The van der Waals surface area contributed by atoms with E-state index in [-0.39, 0.29) is 18.5 Å². The normalized spacial score (nSPS) is 15.9. The highest BCUT2D eigenvalue weighted by Gasteiger charge is 2.44. The fourth-order valence-corrected chi connectivity index (χ4v) is 3.80. The first-order valence-corrected chi connectivity index (χ1v) is 10.1. The molecule has 0 amide bonds. The van der Waals surface area contributed by atoms with Crippen LogP contribution in [0.3, 0.4) is 0 Å². The number of alkyl halides is 3. The number of nitrogens with zero attached hydrogens (tertiary/aromatic N) is 1. The van der Waals surface area contributed by atoms with Gasteiger partial charge < -0.3 is 9.47 Å². The van der Waals surface area contributed by atoms with Gasteiger partial charge in [0.15, 0.2) is 6.61 Å². The van der Waals surface area contributed by atoms with E-state index in [2.05, 4.69) is 35.7 Å². The van der Waals surface area contributed by atoms with Crippen LogP contribution in [0, 0.1) is 0 Å². The molecule has 1 aromatic heterocycles. The Labute approximate surface area is 174 Å². The summed E-state index contributed by atoms with van der Waals surface area (Å²) >= 11 is 0. The maximum atomic E-state index is 13.0. The van der Waals surface area contributed by atoms with Crippen LogP contribution >= 0.6 is 0 Å². The molecule has 1 fully saturated rings. The first-order valence-electron chi connectivity index (χ1n) is 10.1. The molecule has 2 aromatic rings. The van der Waals surface area contributed by atoms with Gasteiger partial charge in [0.25, 0.3) is 0 Å². The molecule has 30 heavy (non-hydrogen) atoms. The van der Waals surface area contributed by atoms with Crippen molar-refractivity contribution in [3.8, 4) is 5.88 Å². The number of pyridine rings is 1. The van der Waals surface area contributed by atoms with E-state index in [1.807, 2.05) is 12.1 Å². The van der Waals surface area contributed by atoms with Crippen molar-refractivity contribution in [3.05, 3.63) is 59.3 Å². The number of rotatable bonds is 7. The van der Waals surface area contributed by atoms with Crippen LogP contribution in [-0.2, 0) is 21.6 Å². The number of carbonyl (C=O) groups is 1. The van der Waals surface area contributed by atoms with Gasteiger partial charge in [-0.2, -0.15) is 13.2 Å². The monoisotopic (exact) mass is 421 g/mol. The smallest absolute Gasteiger partial charge is 0.422 e. The lowest BCUT2D eigenvalue weighted by Gasteiger charge is -2.27. The maximum absolute atomic E-state index is 13.0. The molecule has 1 aliphatic rings. The van der Waals surface area contributed by atoms with Gasteiger partial charge in [-0.15, -0.1) is 0 Å². The van der Waals surface area contributed by atoms with E-state index in [1.54, 1.807) is 6.07 Å². The van der Waals surface area contributed by atoms with Crippen molar-refractivity contribution in [3.63, 3.8) is 0 Å². The predicted molar refractivity (Wildman–Crippen MR) is 106 cm³/mol. The summed E-state index contributed by atoms with van der Waals surface area (Å²) in [7, 11) is 0. The Morgan fingerprint density at radius 1 is 1.10 bits per heavy atom. The Kier molecular flexibility index (Phi) is 6.68. The molecular weight excluding hydrogens is 395 g/mol. The zero-order valence-electron chi connectivity index (χ0n) is 17.2. The lowest BCUT2D eigenvalue weighted by molar-refractivity contribution is -0.154. The molecule has 1 aliphatic carbocycles. The number of carbonyl (C=O) groups excluding carboxylic acids is 1. The fourth-order valence-electron chi connectivity index (χ4n) is 3.80. The van der Waals surface area contributed by atoms with Gasteiger partial charge in [0.1, 0.15) is 6.61 Å². The van der Waals surface area contributed by atoms with E-state index in [0.717, 1.165) is 31.2 Å². The molecule has 1 saturated carbocycles. The molecule has 4 nitrogen and oxygen atoms in total. The maximum Gasteiger partial charge on any atom is 0.422 e. The number of ether oxygens (including phenoxy) is 2. The molecule has 0 saturated heterocycles. The van der Waals surface area contributed by atoms with Gasteiger partial charge in [0.05, 0.1) is 5.41 Å². The van der Waals surface area contributed by atoms with Gasteiger partial charge in [0, 0.05) is 17.8 Å². The minimum absolute atomic E-state index is 0.0111. The van der Waals surface area contributed by atoms with Crippen LogP contribution in [0.15, 0.2) is 42.6 Å². The third-order valence-electron chi connectivity index (χ3n) is 5.53. The molecule has 162 valence electrons. The van der Waals surface area contributed by atoms with E-state index >= 15 is 0 Å². The van der Waals surface area contributed by atoms with Crippen molar-refractivity contribution in [1.29, 1.82) is 0 Å². The average molecular weight is 421 g/mol. The predicted octanol–water partition coefficient (Wildman–Crippen LogP) is 5.70. The Bertz CT molecular complexity index is 839. The summed E-state index contributed by atoms with van der Waals surface area (Å²) in [5, 5.41) is 0. The Hall–Kier alpha value is -2.57. The van der Waals surface area contributed by atoms with Crippen LogP contribution in [-0.4, -0.2) is 23.7 Å². The third-order valence-corrected chi connectivity index (χ3v) is 5.53. The van der Waals surface area contributed by atoms with E-state index in [0.29, 0.717) is 11.5 Å². The number of aromatic nitrogens is 1. The first-order chi connectivity index (χ1) is 14.2. The molecule has 0 spiro atoms. The van der Waals surface area contributed by atoms with Crippen LogP contribution in [0.5, 0.6) is 5.88 Å². The molecule has 0 N–H and O–H groups in total. The lowest BCUT2D eigenvalue weighted by atomic mass is 9.78. The summed E-state index contributed by atoms with van der Waals surface area (Å²) in [6.07, 6.45) is 0.364. The van der Waals surface area contributed by atoms with Gasteiger partial charge in [-0.1, -0.05) is 51.0 Å². The van der Waals surface area contributed by atoms with Crippen LogP contribution in [0.2, 0.25) is 0 Å². The highest BCUT2D eigenvalue weighted by atomic mass is 19.4. The molecule has 1 aromatic carbocycles. The first kappa shape index (κ1) is 22.1. The van der Waals surface area contributed by atoms with Crippen molar-refractivity contribution in [2.24, 2.45) is 0 Å². The summed E-state index contributed by atoms with van der Waals surface area (Å²) in [5.74, 6) is 0.0238. The standard InChI is InChI=1S/C23H26F3NO3/c1-16(2)18-6-8-19(9-7-18)22(11-3-4-12-22)21(28)29-14-17-5-10-20(27-13-17)30-15-23(24,25)26/h5-10,13,16H,3-4,11-12,14-15H2,1-2H3. The van der Waals surface area contributed by atoms with E-state index in [4.69, 9.17) is 4.74 Å². The molecule has 3 rings (SSSR count). The highest BCUT2D eigenvalue weighted by molar-refractivity contribution is 5.83. The zero-order chi connectivity index (χ0) is 21.8. The van der Waals surface area contributed by atoms with Crippen molar-refractivity contribution >= 4 is 5.97 Å². The molecule has 1 heterocycles. The molecule has 0 unspecified atom stereocenters. The summed E-state index contributed by atoms with van der Waals surface area (Å²) in [6, 6.07) is 11.1. The molecule has 0 aliphatic heterocycles. The highest BCUT2D eigenvalue weighted by Crippen LogP contribution is 2.42. The minimum atomic E-state index is -4.42. The quantitative estimate of drug-likeness (QED) is 0.538. The van der Waals surface area contributed by atoms with Crippen LogP contribution in [0.25, 0.3) is 0 Å². The van der Waals surface area contributed by atoms with Crippen LogP contribution < -0.4 is 4.74 Å². The lowest BCUT2D eigenvalue weighted by Crippen LogP contribution is -2.34. The number of halogens is 3. The zero-order valence-corrected chi connectivity index (χ0v) is 17.2. The second kappa shape index (κ2) is 9.06. The van der Waals surface area contributed by atoms with Crippen molar-refractivity contribution in [2.45, 2.75) is 63.6 Å². The van der Waals surface area contributed by atoms with Crippen molar-refractivity contribution < 1.29 is 27.4 Å². The second-order valence-corrected chi connectivity index (χ2v) is 8.05. The van der Waals surface area contributed by atoms with Gasteiger partial charge in [-0.25, -0.2) is 4.98 Å². The Morgan fingerprint density at radius 2 is 1.77 bits per heavy atom. The molecule has 0 radical (unpaired) electrons. The topological polar surface area (TPSA) is 48.4 Å². The fraction of sp³-hybridized carbons (Fsp3) is 0.478.